The zero-order valence-electron chi connectivity index (χ0n) is 13.8. The van der Waals surface area contributed by atoms with Crippen molar-refractivity contribution in [3.05, 3.63) is 34.9 Å². The predicted molar refractivity (Wildman–Crippen MR) is 88.7 cm³/mol. The first-order valence-electron chi connectivity index (χ1n) is 7.76. The molecule has 0 radical (unpaired) electrons. The second-order valence-electron chi connectivity index (χ2n) is 6.71. The van der Waals surface area contributed by atoms with Crippen LogP contribution in [0.5, 0.6) is 0 Å². The molecule has 1 heterocycles. The summed E-state index contributed by atoms with van der Waals surface area (Å²) in [6.07, 6.45) is -0.727. The number of carbonyl (C=O) groups excluding carboxylic acids is 1. The van der Waals surface area contributed by atoms with Crippen LogP contribution in [0.3, 0.4) is 0 Å². The van der Waals surface area contributed by atoms with Gasteiger partial charge in [0.1, 0.15) is 5.60 Å². The molecule has 23 heavy (non-hydrogen) atoms. The second kappa shape index (κ2) is 7.51. The maximum Gasteiger partial charge on any atom is 0.410 e. The van der Waals surface area contributed by atoms with Gasteiger partial charge in [-0.1, -0.05) is 23.7 Å². The number of amides is 1. The van der Waals surface area contributed by atoms with Gasteiger partial charge >= 0.3 is 6.09 Å². The van der Waals surface area contributed by atoms with E-state index in [4.69, 9.17) is 21.1 Å². The number of carbonyl (C=O) groups is 1. The number of rotatable bonds is 3. The summed E-state index contributed by atoms with van der Waals surface area (Å²) in [6.45, 7) is 6.63. The third-order valence-electron chi connectivity index (χ3n) is 3.60. The lowest BCUT2D eigenvalue weighted by atomic mass is 10.0. The van der Waals surface area contributed by atoms with E-state index >= 15 is 0 Å². The Morgan fingerprint density at radius 3 is 2.70 bits per heavy atom. The third-order valence-corrected chi connectivity index (χ3v) is 3.85. The maximum atomic E-state index is 12.3. The molecule has 1 amide bonds. The first kappa shape index (κ1) is 18.0. The summed E-state index contributed by atoms with van der Waals surface area (Å²) in [7, 11) is 0. The number of hydrogen-bond acceptors (Lipinski definition) is 4. The predicted octanol–water partition coefficient (Wildman–Crippen LogP) is 2.88. The van der Waals surface area contributed by atoms with Gasteiger partial charge in [-0.15, -0.1) is 0 Å². The Labute approximate surface area is 142 Å². The van der Waals surface area contributed by atoms with E-state index in [2.05, 4.69) is 0 Å². The minimum atomic E-state index is -0.732. The molecule has 1 aliphatic rings. The van der Waals surface area contributed by atoms with E-state index in [1.165, 1.54) is 0 Å². The van der Waals surface area contributed by atoms with E-state index < -0.39 is 23.8 Å². The van der Waals surface area contributed by atoms with E-state index in [9.17, 15) is 9.90 Å². The van der Waals surface area contributed by atoms with E-state index in [1.807, 2.05) is 32.9 Å². The number of ether oxygens (including phenoxy) is 2. The summed E-state index contributed by atoms with van der Waals surface area (Å²) in [5, 5.41) is 11.2. The minimum Gasteiger partial charge on any atom is -0.444 e. The van der Waals surface area contributed by atoms with Gasteiger partial charge in [0.15, 0.2) is 0 Å². The molecule has 6 heteroatoms. The molecule has 5 nitrogen and oxygen atoms in total. The molecule has 1 aromatic carbocycles. The highest BCUT2D eigenvalue weighted by Crippen LogP contribution is 2.19. The van der Waals surface area contributed by atoms with Crippen LogP contribution in [-0.4, -0.2) is 53.6 Å². The summed E-state index contributed by atoms with van der Waals surface area (Å²) in [4.78, 5) is 13.9. The molecule has 1 N–H and O–H groups in total. The topological polar surface area (TPSA) is 59.0 Å². The second-order valence-corrected chi connectivity index (χ2v) is 7.15. The lowest BCUT2D eigenvalue weighted by molar-refractivity contribution is -0.0660. The van der Waals surface area contributed by atoms with Crippen LogP contribution in [0.2, 0.25) is 5.02 Å². The standard InChI is InChI=1S/C17H24ClNO4/c1-17(2,3)23-16(21)19-8-9-22-11-14(19)15(20)10-12-4-6-13(18)7-5-12/h4-7,14-15,20H,8-11H2,1-3H3. The molecule has 2 atom stereocenters. The third kappa shape index (κ3) is 5.37. The largest absolute Gasteiger partial charge is 0.444 e. The summed E-state index contributed by atoms with van der Waals surface area (Å²) in [5.74, 6) is 0. The van der Waals surface area contributed by atoms with Crippen molar-refractivity contribution >= 4 is 17.7 Å². The Bertz CT molecular complexity index is 526. The van der Waals surface area contributed by atoms with Gasteiger partial charge in [0.25, 0.3) is 0 Å². The summed E-state index contributed by atoms with van der Waals surface area (Å²) >= 11 is 5.87. The van der Waals surface area contributed by atoms with E-state index in [0.29, 0.717) is 31.2 Å². The number of nitrogens with zero attached hydrogens (tertiary/aromatic N) is 1. The monoisotopic (exact) mass is 341 g/mol. The minimum absolute atomic E-state index is 0.300. The Morgan fingerprint density at radius 2 is 2.09 bits per heavy atom. The zero-order chi connectivity index (χ0) is 17.0. The van der Waals surface area contributed by atoms with Crippen molar-refractivity contribution in [1.82, 2.24) is 4.90 Å². The maximum absolute atomic E-state index is 12.3. The fraction of sp³-hybridized carbons (Fsp3) is 0.588. The van der Waals surface area contributed by atoms with Gasteiger partial charge < -0.3 is 14.6 Å². The van der Waals surface area contributed by atoms with E-state index in [1.54, 1.807) is 17.0 Å². The normalized spacial score (nSPS) is 20.2. The van der Waals surface area contributed by atoms with Crippen LogP contribution in [0, 0.1) is 0 Å². The molecule has 0 spiro atoms. The van der Waals surface area contributed by atoms with Crippen molar-refractivity contribution < 1.29 is 19.4 Å². The molecule has 128 valence electrons. The number of hydrogen-bond donors (Lipinski definition) is 1. The highest BCUT2D eigenvalue weighted by atomic mass is 35.5. The summed E-state index contributed by atoms with van der Waals surface area (Å²) in [5.41, 5.74) is 0.387. The average molecular weight is 342 g/mol. The van der Waals surface area contributed by atoms with Crippen LogP contribution in [0.25, 0.3) is 0 Å². The molecule has 1 saturated heterocycles. The van der Waals surface area contributed by atoms with Crippen LogP contribution < -0.4 is 0 Å². The Kier molecular flexibility index (Phi) is 5.89. The Balaban J connectivity index is 2.04. The smallest absolute Gasteiger partial charge is 0.410 e. The molecule has 1 aliphatic heterocycles. The molecule has 1 aromatic rings. The van der Waals surface area contributed by atoms with Crippen LogP contribution in [0.15, 0.2) is 24.3 Å². The van der Waals surface area contributed by atoms with Crippen LogP contribution in [0.4, 0.5) is 4.79 Å². The van der Waals surface area contributed by atoms with Gasteiger partial charge in [0, 0.05) is 18.0 Å². The summed E-state index contributed by atoms with van der Waals surface area (Å²) < 4.78 is 10.9. The van der Waals surface area contributed by atoms with Gasteiger partial charge in [-0.25, -0.2) is 4.79 Å². The highest BCUT2D eigenvalue weighted by molar-refractivity contribution is 6.30. The Hall–Kier alpha value is -1.30. The number of morpholine rings is 1. The van der Waals surface area contributed by atoms with E-state index in [0.717, 1.165) is 5.56 Å². The summed E-state index contributed by atoms with van der Waals surface area (Å²) in [6, 6.07) is 6.88. The molecule has 2 unspecified atom stereocenters. The van der Waals surface area contributed by atoms with Crippen LogP contribution in [-0.2, 0) is 15.9 Å². The number of benzene rings is 1. The zero-order valence-corrected chi connectivity index (χ0v) is 14.5. The Morgan fingerprint density at radius 1 is 1.43 bits per heavy atom. The quantitative estimate of drug-likeness (QED) is 0.918. The van der Waals surface area contributed by atoms with Crippen molar-refractivity contribution in [3.8, 4) is 0 Å². The van der Waals surface area contributed by atoms with Crippen molar-refractivity contribution in [1.29, 1.82) is 0 Å². The molecule has 0 aromatic heterocycles. The fourth-order valence-corrected chi connectivity index (χ4v) is 2.61. The van der Waals surface area contributed by atoms with Crippen molar-refractivity contribution in [2.45, 2.75) is 44.9 Å². The molecular formula is C17H24ClNO4. The molecule has 2 rings (SSSR count). The van der Waals surface area contributed by atoms with Crippen molar-refractivity contribution in [3.63, 3.8) is 0 Å². The first-order chi connectivity index (χ1) is 10.8. The van der Waals surface area contributed by atoms with Gasteiger partial charge in [-0.3, -0.25) is 4.90 Å². The number of aliphatic hydroxyl groups is 1. The lowest BCUT2D eigenvalue weighted by Crippen LogP contribution is -2.55. The van der Waals surface area contributed by atoms with E-state index in [-0.39, 0.29) is 0 Å². The van der Waals surface area contributed by atoms with Gasteiger partial charge in [-0.2, -0.15) is 0 Å². The number of halogens is 1. The van der Waals surface area contributed by atoms with Gasteiger partial charge in [0.05, 0.1) is 25.4 Å². The van der Waals surface area contributed by atoms with Crippen molar-refractivity contribution in [2.24, 2.45) is 0 Å². The van der Waals surface area contributed by atoms with Gasteiger partial charge in [-0.05, 0) is 38.5 Å². The van der Waals surface area contributed by atoms with Gasteiger partial charge in [0.2, 0.25) is 0 Å². The molecular weight excluding hydrogens is 318 g/mol. The lowest BCUT2D eigenvalue weighted by Gasteiger charge is -2.38. The van der Waals surface area contributed by atoms with Crippen molar-refractivity contribution in [2.75, 3.05) is 19.8 Å². The first-order valence-corrected chi connectivity index (χ1v) is 8.14. The van der Waals surface area contributed by atoms with Crippen LogP contribution >= 0.6 is 11.6 Å². The number of aliphatic hydroxyl groups excluding tert-OH is 1. The SMILES string of the molecule is CC(C)(C)OC(=O)N1CCOCC1C(O)Cc1ccc(Cl)cc1. The molecule has 0 aliphatic carbocycles. The van der Waals surface area contributed by atoms with Crippen LogP contribution in [0.1, 0.15) is 26.3 Å². The fourth-order valence-electron chi connectivity index (χ4n) is 2.49. The highest BCUT2D eigenvalue weighted by Gasteiger charge is 2.35. The average Bonchev–Trinajstić information content (AvgIpc) is 2.48. The molecule has 0 bridgehead atoms. The molecule has 1 fully saturated rings. The molecule has 0 saturated carbocycles.